The predicted molar refractivity (Wildman–Crippen MR) is 108 cm³/mol. The van der Waals surface area contributed by atoms with Crippen LogP contribution in [-0.2, 0) is 11.2 Å². The van der Waals surface area contributed by atoms with E-state index in [2.05, 4.69) is 15.2 Å². The molecule has 0 saturated carbocycles. The molecule has 0 aliphatic rings. The molecular weight excluding hydrogens is 409 g/mol. The van der Waals surface area contributed by atoms with Gasteiger partial charge in [-0.2, -0.15) is 18.3 Å². The first-order valence-electron chi connectivity index (χ1n) is 9.49. The third-order valence-corrected chi connectivity index (χ3v) is 4.80. The van der Waals surface area contributed by atoms with Gasteiger partial charge in [-0.1, -0.05) is 18.2 Å². The van der Waals surface area contributed by atoms with Crippen molar-refractivity contribution in [3.63, 3.8) is 0 Å². The Balaban J connectivity index is 1.57. The molecule has 9 heteroatoms. The smallest absolute Gasteiger partial charge is 0.300 e. The van der Waals surface area contributed by atoms with E-state index in [9.17, 15) is 22.8 Å². The van der Waals surface area contributed by atoms with E-state index in [1.807, 2.05) is 28.8 Å². The van der Waals surface area contributed by atoms with Gasteiger partial charge >= 0.3 is 6.18 Å². The van der Waals surface area contributed by atoms with Crippen LogP contribution >= 0.6 is 0 Å². The molecule has 4 aromatic rings. The summed E-state index contributed by atoms with van der Waals surface area (Å²) in [6.07, 6.45) is -2.51. The maximum Gasteiger partial charge on any atom is 0.389 e. The maximum absolute atomic E-state index is 12.3. The summed E-state index contributed by atoms with van der Waals surface area (Å²) in [7, 11) is 0. The Morgan fingerprint density at radius 2 is 1.90 bits per heavy atom. The van der Waals surface area contributed by atoms with Gasteiger partial charge in [0.15, 0.2) is 0 Å². The Kier molecular flexibility index (Phi) is 5.41. The minimum absolute atomic E-state index is 0.0529. The molecule has 158 valence electrons. The van der Waals surface area contributed by atoms with Gasteiger partial charge in [-0.05, 0) is 29.8 Å². The zero-order valence-corrected chi connectivity index (χ0v) is 16.2. The highest BCUT2D eigenvalue weighted by Gasteiger charge is 2.27. The molecule has 0 bridgehead atoms. The zero-order chi connectivity index (χ0) is 22.0. The minimum atomic E-state index is -4.34. The summed E-state index contributed by atoms with van der Waals surface area (Å²) < 4.78 is 38.8. The molecule has 0 atom stereocenters. The van der Waals surface area contributed by atoms with Gasteiger partial charge in [0.2, 0.25) is 0 Å². The summed E-state index contributed by atoms with van der Waals surface area (Å²) in [5.41, 5.74) is 3.98. The third-order valence-electron chi connectivity index (χ3n) is 4.80. The second kappa shape index (κ2) is 8.17. The number of alkyl halides is 3. The number of ketones is 1. The molecule has 3 heterocycles. The van der Waals surface area contributed by atoms with Crippen molar-refractivity contribution in [1.29, 1.82) is 0 Å². The number of nitrogens with zero attached hydrogens (tertiary/aromatic N) is 3. The second-order valence-electron chi connectivity index (χ2n) is 7.12. The van der Waals surface area contributed by atoms with Crippen LogP contribution in [0.1, 0.15) is 18.4 Å². The van der Waals surface area contributed by atoms with Crippen molar-refractivity contribution in [1.82, 2.24) is 19.6 Å². The zero-order valence-electron chi connectivity index (χ0n) is 16.2. The summed E-state index contributed by atoms with van der Waals surface area (Å²) in [5.74, 6) is -0.453. The average Bonchev–Trinajstić information content (AvgIpc) is 3.16. The molecule has 0 radical (unpaired) electrons. The fraction of sp³-hybridized carbons (Fsp3) is 0.182. The topological polar surface area (TPSA) is 80.1 Å². The van der Waals surface area contributed by atoms with E-state index in [4.69, 9.17) is 0 Å². The molecular formula is C22H17F3N4O2. The largest absolute Gasteiger partial charge is 0.389 e. The number of aromatic nitrogens is 4. The van der Waals surface area contributed by atoms with Gasteiger partial charge in [0.05, 0.1) is 24.0 Å². The van der Waals surface area contributed by atoms with Crippen molar-refractivity contribution < 1.29 is 18.0 Å². The van der Waals surface area contributed by atoms with E-state index in [0.29, 0.717) is 16.9 Å². The van der Waals surface area contributed by atoms with Gasteiger partial charge in [-0.15, -0.1) is 0 Å². The monoisotopic (exact) mass is 426 g/mol. The normalized spacial score (nSPS) is 11.7. The molecule has 6 nitrogen and oxygen atoms in total. The van der Waals surface area contributed by atoms with Crippen molar-refractivity contribution in [2.75, 3.05) is 0 Å². The average molecular weight is 426 g/mol. The number of benzene rings is 1. The molecule has 0 saturated heterocycles. The molecule has 0 aliphatic heterocycles. The van der Waals surface area contributed by atoms with Crippen LogP contribution in [0.5, 0.6) is 0 Å². The Bertz CT molecular complexity index is 1290. The van der Waals surface area contributed by atoms with E-state index in [1.54, 1.807) is 30.5 Å². The number of nitrogens with one attached hydrogen (secondary N) is 1. The lowest BCUT2D eigenvalue weighted by molar-refractivity contribution is -0.143. The van der Waals surface area contributed by atoms with E-state index in [1.165, 1.54) is 6.07 Å². The number of pyridine rings is 1. The summed E-state index contributed by atoms with van der Waals surface area (Å²) in [6, 6.07) is 13.8. The Hall–Kier alpha value is -3.75. The summed E-state index contributed by atoms with van der Waals surface area (Å²) in [4.78, 5) is 27.5. The van der Waals surface area contributed by atoms with Crippen LogP contribution in [0.3, 0.4) is 0 Å². The third kappa shape index (κ3) is 4.88. The van der Waals surface area contributed by atoms with Gasteiger partial charge in [0.25, 0.3) is 5.56 Å². The molecule has 31 heavy (non-hydrogen) atoms. The lowest BCUT2D eigenvalue weighted by Crippen LogP contribution is -2.12. The number of halogens is 3. The van der Waals surface area contributed by atoms with Crippen molar-refractivity contribution in [2.45, 2.75) is 25.4 Å². The number of H-pyrrole nitrogens is 1. The van der Waals surface area contributed by atoms with E-state index in [0.717, 1.165) is 16.8 Å². The van der Waals surface area contributed by atoms with Gasteiger partial charge in [-0.3, -0.25) is 14.0 Å². The van der Waals surface area contributed by atoms with E-state index in [-0.39, 0.29) is 12.0 Å². The SMILES string of the molecule is O=C(CCC(F)(F)F)Cc1cccc(-c2cnc3cc(-c4ccc(=O)[nH]n4)ccn23)c1. The fourth-order valence-corrected chi connectivity index (χ4v) is 3.30. The van der Waals surface area contributed by atoms with Gasteiger partial charge < -0.3 is 0 Å². The molecule has 0 aliphatic carbocycles. The molecule has 0 amide bonds. The van der Waals surface area contributed by atoms with Crippen LogP contribution in [0.15, 0.2) is 65.7 Å². The standard InChI is InChI=1S/C22H17F3N4O2/c23-22(24,25)8-6-17(30)11-14-2-1-3-16(10-14)19-13-26-20-12-15(7-9-29(19)20)18-4-5-21(31)28-27-18/h1-5,7,9-10,12-13H,6,8,11H2,(H,28,31). The van der Waals surface area contributed by atoms with Crippen LogP contribution in [-0.4, -0.2) is 31.5 Å². The Labute approximate surface area is 174 Å². The highest BCUT2D eigenvalue weighted by molar-refractivity contribution is 5.81. The first kappa shape index (κ1) is 20.5. The van der Waals surface area contributed by atoms with Crippen molar-refractivity contribution >= 4 is 11.4 Å². The summed E-state index contributed by atoms with van der Waals surface area (Å²) in [6.45, 7) is 0. The number of fused-ring (bicyclic) bond motifs is 1. The van der Waals surface area contributed by atoms with Crippen molar-refractivity contribution in [3.05, 3.63) is 76.8 Å². The molecule has 1 aromatic carbocycles. The van der Waals surface area contributed by atoms with Gasteiger partial charge in [0, 0.05) is 36.2 Å². The van der Waals surface area contributed by atoms with Crippen molar-refractivity contribution in [2.24, 2.45) is 0 Å². The number of aromatic amines is 1. The van der Waals surface area contributed by atoms with Gasteiger partial charge in [-0.25, -0.2) is 10.1 Å². The van der Waals surface area contributed by atoms with Crippen molar-refractivity contribution in [3.8, 4) is 22.5 Å². The number of hydrogen-bond acceptors (Lipinski definition) is 4. The number of rotatable bonds is 6. The van der Waals surface area contributed by atoms with Gasteiger partial charge in [0.1, 0.15) is 11.4 Å². The molecule has 0 fully saturated rings. The first-order valence-corrected chi connectivity index (χ1v) is 9.49. The quantitative estimate of drug-likeness (QED) is 0.501. The first-order chi connectivity index (χ1) is 14.8. The van der Waals surface area contributed by atoms with Crippen LogP contribution < -0.4 is 5.56 Å². The number of Topliss-reactive ketones (excluding diaryl/α,β-unsaturated/α-hetero) is 1. The highest BCUT2D eigenvalue weighted by atomic mass is 19.4. The van der Waals surface area contributed by atoms with Crippen LogP contribution in [0, 0.1) is 0 Å². The summed E-state index contributed by atoms with van der Waals surface area (Å²) >= 11 is 0. The summed E-state index contributed by atoms with van der Waals surface area (Å²) in [5, 5.41) is 6.41. The lowest BCUT2D eigenvalue weighted by atomic mass is 10.0. The second-order valence-corrected chi connectivity index (χ2v) is 7.12. The lowest BCUT2D eigenvalue weighted by Gasteiger charge is -2.08. The Morgan fingerprint density at radius 3 is 2.65 bits per heavy atom. The maximum atomic E-state index is 12.3. The Morgan fingerprint density at radius 1 is 1.06 bits per heavy atom. The number of hydrogen-bond donors (Lipinski definition) is 1. The minimum Gasteiger partial charge on any atom is -0.300 e. The highest BCUT2D eigenvalue weighted by Crippen LogP contribution is 2.26. The number of carbonyl (C=O) groups is 1. The molecule has 0 spiro atoms. The molecule has 0 unspecified atom stereocenters. The molecule has 4 rings (SSSR count). The number of imidazole rings is 1. The fourth-order valence-electron chi connectivity index (χ4n) is 3.30. The number of carbonyl (C=O) groups excluding carboxylic acids is 1. The molecule has 1 N–H and O–H groups in total. The van der Waals surface area contributed by atoms with Crippen LogP contribution in [0.4, 0.5) is 13.2 Å². The van der Waals surface area contributed by atoms with E-state index >= 15 is 0 Å². The van der Waals surface area contributed by atoms with Crippen LogP contribution in [0.25, 0.3) is 28.2 Å². The van der Waals surface area contributed by atoms with Crippen LogP contribution in [0.2, 0.25) is 0 Å². The van der Waals surface area contributed by atoms with E-state index < -0.39 is 24.8 Å². The predicted octanol–water partition coefficient (Wildman–Crippen LogP) is 4.21. The molecule has 3 aromatic heterocycles.